The number of unbranched alkanes of at least 4 members (excludes halogenated alkanes) is 12. The molecule has 0 aromatic carbocycles. The number of rotatable bonds is 17. The lowest BCUT2D eigenvalue weighted by molar-refractivity contribution is -0.147. The van der Waals surface area contributed by atoms with Gasteiger partial charge < -0.3 is 4.74 Å². The van der Waals surface area contributed by atoms with Crippen molar-refractivity contribution in [3.05, 3.63) is 12.2 Å². The fourth-order valence-corrected chi connectivity index (χ4v) is 2.69. The van der Waals surface area contributed by atoms with Gasteiger partial charge in [0.25, 0.3) is 0 Å². The van der Waals surface area contributed by atoms with Gasteiger partial charge in [0, 0.05) is 0 Å². The van der Waals surface area contributed by atoms with E-state index in [1.807, 2.05) is 13.8 Å². The van der Waals surface area contributed by atoms with Crippen LogP contribution in [0.25, 0.3) is 0 Å². The van der Waals surface area contributed by atoms with Crippen LogP contribution in [0, 0.1) is 5.92 Å². The fraction of sp³-hybridized carbons (Fsp3) is 0.864. The van der Waals surface area contributed by atoms with E-state index in [2.05, 4.69) is 19.1 Å². The number of hydrogen-bond donors (Lipinski definition) is 0. The second-order valence-electron chi connectivity index (χ2n) is 7.26. The summed E-state index contributed by atoms with van der Waals surface area (Å²) in [7, 11) is 0. The lowest BCUT2D eigenvalue weighted by Gasteiger charge is -2.06. The highest BCUT2D eigenvalue weighted by Gasteiger charge is 2.06. The monoisotopic (exact) mass is 338 g/mol. The standard InChI is InChI=1S/C22H42O2/c1-4-5-6-7-8-9-10-11-12-13-14-15-16-17-18-19-20-24-22(23)21(2)3/h11-12,21H,4-10,13-20H2,1-3H3/b12-11-. The zero-order chi connectivity index (χ0) is 17.9. The molecule has 0 atom stereocenters. The Balaban J connectivity index is 3.14. The van der Waals surface area contributed by atoms with Gasteiger partial charge in [0.05, 0.1) is 12.5 Å². The Morgan fingerprint density at radius 1 is 0.750 bits per heavy atom. The largest absolute Gasteiger partial charge is 0.465 e. The van der Waals surface area contributed by atoms with Crippen molar-refractivity contribution in [1.29, 1.82) is 0 Å². The summed E-state index contributed by atoms with van der Waals surface area (Å²) in [4.78, 5) is 11.3. The van der Waals surface area contributed by atoms with Gasteiger partial charge in [-0.15, -0.1) is 0 Å². The van der Waals surface area contributed by atoms with Crippen LogP contribution in [-0.2, 0) is 9.53 Å². The van der Waals surface area contributed by atoms with Crippen molar-refractivity contribution in [2.24, 2.45) is 5.92 Å². The van der Waals surface area contributed by atoms with Crippen LogP contribution < -0.4 is 0 Å². The molecule has 0 fully saturated rings. The van der Waals surface area contributed by atoms with Crippen LogP contribution in [0.5, 0.6) is 0 Å². The Morgan fingerprint density at radius 3 is 1.71 bits per heavy atom. The van der Waals surface area contributed by atoms with Gasteiger partial charge in [-0.25, -0.2) is 0 Å². The van der Waals surface area contributed by atoms with Crippen LogP contribution in [0.2, 0.25) is 0 Å². The van der Waals surface area contributed by atoms with Gasteiger partial charge in [0.1, 0.15) is 0 Å². The first-order valence-electron chi connectivity index (χ1n) is 10.5. The molecule has 0 amide bonds. The zero-order valence-electron chi connectivity index (χ0n) is 16.7. The van der Waals surface area contributed by atoms with Crippen molar-refractivity contribution in [2.45, 2.75) is 111 Å². The Labute approximate surface area is 151 Å². The minimum Gasteiger partial charge on any atom is -0.465 e. The molecule has 0 spiro atoms. The first kappa shape index (κ1) is 23.2. The zero-order valence-corrected chi connectivity index (χ0v) is 16.7. The molecule has 0 N–H and O–H groups in total. The van der Waals surface area contributed by atoms with E-state index in [0.717, 1.165) is 6.42 Å². The molecule has 0 bridgehead atoms. The highest BCUT2D eigenvalue weighted by Crippen LogP contribution is 2.10. The minimum absolute atomic E-state index is 0.000822. The molecular weight excluding hydrogens is 296 g/mol. The second kappa shape index (κ2) is 18.5. The van der Waals surface area contributed by atoms with E-state index < -0.39 is 0 Å². The van der Waals surface area contributed by atoms with E-state index in [4.69, 9.17) is 4.74 Å². The van der Waals surface area contributed by atoms with E-state index in [1.165, 1.54) is 83.5 Å². The van der Waals surface area contributed by atoms with Gasteiger partial charge in [0.15, 0.2) is 0 Å². The highest BCUT2D eigenvalue weighted by atomic mass is 16.5. The molecule has 24 heavy (non-hydrogen) atoms. The number of carbonyl (C=O) groups excluding carboxylic acids is 1. The van der Waals surface area contributed by atoms with Gasteiger partial charge in [-0.3, -0.25) is 4.79 Å². The van der Waals surface area contributed by atoms with E-state index >= 15 is 0 Å². The van der Waals surface area contributed by atoms with Crippen LogP contribution in [0.15, 0.2) is 12.2 Å². The summed E-state index contributed by atoms with van der Waals surface area (Å²) in [5, 5.41) is 0. The minimum atomic E-state index is -0.0669. The number of carbonyl (C=O) groups is 1. The predicted molar refractivity (Wildman–Crippen MR) is 105 cm³/mol. The third-order valence-corrected chi connectivity index (χ3v) is 4.37. The van der Waals surface area contributed by atoms with Crippen molar-refractivity contribution >= 4 is 5.97 Å². The van der Waals surface area contributed by atoms with Crippen LogP contribution in [0.4, 0.5) is 0 Å². The van der Waals surface area contributed by atoms with E-state index in [9.17, 15) is 4.79 Å². The summed E-state index contributed by atoms with van der Waals surface area (Å²) in [6, 6.07) is 0. The quantitative estimate of drug-likeness (QED) is 0.159. The molecule has 2 heteroatoms. The summed E-state index contributed by atoms with van der Waals surface area (Å²) in [6.45, 7) is 6.63. The summed E-state index contributed by atoms with van der Waals surface area (Å²) >= 11 is 0. The maximum Gasteiger partial charge on any atom is 0.308 e. The Kier molecular flexibility index (Phi) is 17.9. The second-order valence-corrected chi connectivity index (χ2v) is 7.26. The molecule has 0 aliphatic rings. The van der Waals surface area contributed by atoms with Crippen LogP contribution >= 0.6 is 0 Å². The van der Waals surface area contributed by atoms with Gasteiger partial charge in [-0.2, -0.15) is 0 Å². The van der Waals surface area contributed by atoms with Crippen molar-refractivity contribution in [3.8, 4) is 0 Å². The lowest BCUT2D eigenvalue weighted by atomic mass is 10.1. The number of allylic oxidation sites excluding steroid dienone is 2. The van der Waals surface area contributed by atoms with E-state index in [0.29, 0.717) is 6.61 Å². The summed E-state index contributed by atoms with van der Waals surface area (Å²) in [5.74, 6) is -0.0677. The smallest absolute Gasteiger partial charge is 0.308 e. The molecule has 0 aliphatic heterocycles. The van der Waals surface area contributed by atoms with Gasteiger partial charge >= 0.3 is 5.97 Å². The van der Waals surface area contributed by atoms with Crippen LogP contribution in [-0.4, -0.2) is 12.6 Å². The number of esters is 1. The van der Waals surface area contributed by atoms with Crippen molar-refractivity contribution in [3.63, 3.8) is 0 Å². The third kappa shape index (κ3) is 17.6. The molecular formula is C22H42O2. The summed E-state index contributed by atoms with van der Waals surface area (Å²) < 4.78 is 5.17. The van der Waals surface area contributed by atoms with Gasteiger partial charge in [-0.1, -0.05) is 90.7 Å². The molecule has 0 saturated carbocycles. The van der Waals surface area contributed by atoms with Crippen molar-refractivity contribution in [1.82, 2.24) is 0 Å². The Hall–Kier alpha value is -0.790. The predicted octanol–water partition coefficient (Wildman–Crippen LogP) is 7.22. The molecule has 0 heterocycles. The molecule has 2 nitrogen and oxygen atoms in total. The molecule has 0 rings (SSSR count). The molecule has 0 aromatic heterocycles. The maximum absolute atomic E-state index is 11.3. The van der Waals surface area contributed by atoms with Crippen molar-refractivity contribution in [2.75, 3.05) is 6.61 Å². The molecule has 142 valence electrons. The van der Waals surface area contributed by atoms with Crippen LogP contribution in [0.1, 0.15) is 111 Å². The summed E-state index contributed by atoms with van der Waals surface area (Å²) in [6.07, 6.45) is 23.0. The lowest BCUT2D eigenvalue weighted by Crippen LogP contribution is -2.12. The van der Waals surface area contributed by atoms with E-state index in [-0.39, 0.29) is 11.9 Å². The van der Waals surface area contributed by atoms with Crippen molar-refractivity contribution < 1.29 is 9.53 Å². The van der Waals surface area contributed by atoms with Gasteiger partial charge in [0.2, 0.25) is 0 Å². The average molecular weight is 339 g/mol. The number of ether oxygens (including phenoxy) is 1. The normalized spacial score (nSPS) is 11.5. The SMILES string of the molecule is CCCCCCCC/C=C\CCCCCCCCOC(=O)C(C)C. The first-order valence-corrected chi connectivity index (χ1v) is 10.5. The average Bonchev–Trinajstić information content (AvgIpc) is 2.57. The van der Waals surface area contributed by atoms with E-state index in [1.54, 1.807) is 0 Å². The Bertz CT molecular complexity index is 294. The molecule has 0 radical (unpaired) electrons. The first-order chi connectivity index (χ1) is 11.7. The van der Waals surface area contributed by atoms with Gasteiger partial charge in [-0.05, 0) is 32.1 Å². The topological polar surface area (TPSA) is 26.3 Å². The third-order valence-electron chi connectivity index (χ3n) is 4.37. The molecule has 0 unspecified atom stereocenters. The fourth-order valence-electron chi connectivity index (χ4n) is 2.69. The number of hydrogen-bond acceptors (Lipinski definition) is 2. The molecule has 0 saturated heterocycles. The van der Waals surface area contributed by atoms with Crippen LogP contribution in [0.3, 0.4) is 0 Å². The molecule has 0 aliphatic carbocycles. The Morgan fingerprint density at radius 2 is 1.21 bits per heavy atom. The molecule has 0 aromatic rings. The summed E-state index contributed by atoms with van der Waals surface area (Å²) in [5.41, 5.74) is 0. The maximum atomic E-state index is 11.3. The highest BCUT2D eigenvalue weighted by molar-refractivity contribution is 5.71.